The molecule has 1 aliphatic heterocycles. The third-order valence-corrected chi connectivity index (χ3v) is 3.53. The maximum Gasteiger partial charge on any atom is 0.405 e. The molecule has 2 N–H and O–H groups in total. The molecule has 1 aromatic heterocycles. The number of ether oxygens (including phenoxy) is 3. The van der Waals surface area contributed by atoms with Crippen LogP contribution in [0.15, 0.2) is 36.5 Å². The summed E-state index contributed by atoms with van der Waals surface area (Å²) in [6.45, 7) is 0.480. The molecule has 2 aromatic rings. The molecule has 1 unspecified atom stereocenters. The van der Waals surface area contributed by atoms with Crippen molar-refractivity contribution < 1.29 is 19.0 Å². The van der Waals surface area contributed by atoms with E-state index in [4.69, 9.17) is 19.9 Å². The van der Waals surface area contributed by atoms with Crippen LogP contribution >= 0.6 is 0 Å². The molecule has 0 saturated carbocycles. The number of hydrogen-bond acceptors (Lipinski definition) is 5. The quantitative estimate of drug-likeness (QED) is 0.942. The Morgan fingerprint density at radius 2 is 2.14 bits per heavy atom. The van der Waals surface area contributed by atoms with Crippen LogP contribution in [-0.2, 0) is 4.74 Å². The monoisotopic (exact) mass is 300 g/mol. The molecule has 0 radical (unpaired) electrons. The number of rotatable bonds is 3. The van der Waals surface area contributed by atoms with Crippen LogP contribution in [0.4, 0.5) is 4.79 Å². The smallest absolute Gasteiger partial charge is 0.405 e. The van der Waals surface area contributed by atoms with Gasteiger partial charge in [0.2, 0.25) is 5.88 Å². The number of nitrogens with zero attached hydrogens (tertiary/aromatic N) is 1. The second-order valence-corrected chi connectivity index (χ2v) is 4.90. The van der Waals surface area contributed by atoms with Gasteiger partial charge in [0.15, 0.2) is 0 Å². The Morgan fingerprint density at radius 1 is 1.32 bits per heavy atom. The first kappa shape index (κ1) is 14.2. The Kier molecular flexibility index (Phi) is 3.82. The molecule has 1 amide bonds. The van der Waals surface area contributed by atoms with Crippen LogP contribution in [0, 0.1) is 0 Å². The number of nitrogens with two attached hydrogens (primary N) is 1. The van der Waals surface area contributed by atoms with E-state index in [9.17, 15) is 4.79 Å². The van der Waals surface area contributed by atoms with Crippen molar-refractivity contribution >= 4 is 6.09 Å². The van der Waals surface area contributed by atoms with E-state index in [2.05, 4.69) is 4.98 Å². The lowest BCUT2D eigenvalue weighted by molar-refractivity contribution is 0.0766. The first-order chi connectivity index (χ1) is 10.7. The van der Waals surface area contributed by atoms with Gasteiger partial charge in [-0.2, -0.15) is 0 Å². The van der Waals surface area contributed by atoms with E-state index in [0.717, 1.165) is 16.7 Å². The molecule has 2 heterocycles. The Bertz CT molecular complexity index is 702. The fourth-order valence-electron chi connectivity index (χ4n) is 2.50. The van der Waals surface area contributed by atoms with Gasteiger partial charge in [-0.15, -0.1) is 0 Å². The van der Waals surface area contributed by atoms with E-state index >= 15 is 0 Å². The molecule has 0 aliphatic carbocycles. The molecule has 3 rings (SSSR count). The van der Waals surface area contributed by atoms with Crippen molar-refractivity contribution in [3.05, 3.63) is 42.1 Å². The van der Waals surface area contributed by atoms with Gasteiger partial charge in [-0.05, 0) is 23.3 Å². The molecule has 0 spiro atoms. The fourth-order valence-corrected chi connectivity index (χ4v) is 2.50. The van der Waals surface area contributed by atoms with E-state index in [-0.39, 0.29) is 6.10 Å². The van der Waals surface area contributed by atoms with Gasteiger partial charge in [0.25, 0.3) is 0 Å². The predicted octanol–water partition coefficient (Wildman–Crippen LogP) is 2.68. The maximum absolute atomic E-state index is 11.0. The zero-order valence-electron chi connectivity index (χ0n) is 12.1. The average Bonchev–Trinajstić information content (AvgIpc) is 2.54. The summed E-state index contributed by atoms with van der Waals surface area (Å²) in [5.74, 6) is 1.25. The first-order valence-electron chi connectivity index (χ1n) is 6.90. The molecular formula is C16H16N2O4. The lowest BCUT2D eigenvalue weighted by Gasteiger charge is -2.25. The van der Waals surface area contributed by atoms with Crippen LogP contribution in [0.5, 0.6) is 11.6 Å². The van der Waals surface area contributed by atoms with Gasteiger partial charge in [-0.25, -0.2) is 9.78 Å². The molecule has 6 nitrogen and oxygen atoms in total. The highest BCUT2D eigenvalue weighted by Crippen LogP contribution is 2.37. The number of hydrogen-bond donors (Lipinski definition) is 1. The zero-order chi connectivity index (χ0) is 15.5. The van der Waals surface area contributed by atoms with Crippen molar-refractivity contribution in [1.82, 2.24) is 4.98 Å². The molecule has 114 valence electrons. The minimum Gasteiger partial charge on any atom is -0.493 e. The molecule has 1 aromatic carbocycles. The number of carbonyl (C=O) groups excluding carboxylic acids is 1. The fraction of sp³-hybridized carbons (Fsp3) is 0.250. The van der Waals surface area contributed by atoms with Crippen molar-refractivity contribution in [2.24, 2.45) is 5.73 Å². The predicted molar refractivity (Wildman–Crippen MR) is 79.7 cm³/mol. The SMILES string of the molecule is COc1cc(-c2ccc3c(c2)OCCC3OC(N)=O)ccn1. The summed E-state index contributed by atoms with van der Waals surface area (Å²) < 4.78 is 15.9. The van der Waals surface area contributed by atoms with Gasteiger partial charge in [0, 0.05) is 24.2 Å². The van der Waals surface area contributed by atoms with Gasteiger partial charge in [-0.1, -0.05) is 12.1 Å². The van der Waals surface area contributed by atoms with E-state index < -0.39 is 6.09 Å². The first-order valence-corrected chi connectivity index (χ1v) is 6.90. The Labute approximate surface area is 127 Å². The van der Waals surface area contributed by atoms with Crippen molar-refractivity contribution in [3.8, 4) is 22.8 Å². The number of pyridine rings is 1. The van der Waals surface area contributed by atoms with Crippen LogP contribution in [0.3, 0.4) is 0 Å². The van der Waals surface area contributed by atoms with Crippen molar-refractivity contribution in [1.29, 1.82) is 0 Å². The van der Waals surface area contributed by atoms with Crippen molar-refractivity contribution in [3.63, 3.8) is 0 Å². The third-order valence-electron chi connectivity index (χ3n) is 3.53. The lowest BCUT2D eigenvalue weighted by Crippen LogP contribution is -2.22. The van der Waals surface area contributed by atoms with E-state index in [0.29, 0.717) is 24.7 Å². The average molecular weight is 300 g/mol. The molecule has 22 heavy (non-hydrogen) atoms. The highest BCUT2D eigenvalue weighted by atomic mass is 16.6. The Balaban J connectivity index is 1.94. The molecule has 0 saturated heterocycles. The summed E-state index contributed by atoms with van der Waals surface area (Å²) in [4.78, 5) is 15.1. The van der Waals surface area contributed by atoms with E-state index in [1.54, 1.807) is 13.3 Å². The second kappa shape index (κ2) is 5.93. The largest absolute Gasteiger partial charge is 0.493 e. The number of methoxy groups -OCH3 is 1. The summed E-state index contributed by atoms with van der Waals surface area (Å²) in [5.41, 5.74) is 7.88. The summed E-state index contributed by atoms with van der Waals surface area (Å²) >= 11 is 0. The van der Waals surface area contributed by atoms with Crippen LogP contribution in [0.1, 0.15) is 18.1 Å². The molecule has 1 aliphatic rings. The van der Waals surface area contributed by atoms with Gasteiger partial charge < -0.3 is 19.9 Å². The number of primary amides is 1. The minimum absolute atomic E-state index is 0.359. The van der Waals surface area contributed by atoms with Crippen LogP contribution in [0.25, 0.3) is 11.1 Å². The third kappa shape index (κ3) is 2.81. The summed E-state index contributed by atoms with van der Waals surface area (Å²) in [5, 5.41) is 0. The highest BCUT2D eigenvalue weighted by molar-refractivity contribution is 5.68. The topological polar surface area (TPSA) is 83.7 Å². The summed E-state index contributed by atoms with van der Waals surface area (Å²) in [6, 6.07) is 9.50. The zero-order valence-corrected chi connectivity index (χ0v) is 12.1. The van der Waals surface area contributed by atoms with Crippen molar-refractivity contribution in [2.45, 2.75) is 12.5 Å². The number of aromatic nitrogens is 1. The normalized spacial score (nSPS) is 16.3. The van der Waals surface area contributed by atoms with Crippen LogP contribution in [0.2, 0.25) is 0 Å². The minimum atomic E-state index is -0.777. The van der Waals surface area contributed by atoms with Crippen LogP contribution in [-0.4, -0.2) is 24.8 Å². The molecule has 0 fully saturated rings. The number of carbonyl (C=O) groups is 1. The molecule has 6 heteroatoms. The summed E-state index contributed by atoms with van der Waals surface area (Å²) in [7, 11) is 1.58. The van der Waals surface area contributed by atoms with E-state index in [1.807, 2.05) is 30.3 Å². The van der Waals surface area contributed by atoms with Gasteiger partial charge in [0.05, 0.1) is 13.7 Å². The molecule has 0 bridgehead atoms. The molecule has 1 atom stereocenters. The standard InChI is InChI=1S/C16H16N2O4/c1-20-15-9-11(4-6-18-15)10-2-3-12-13(22-16(17)19)5-7-21-14(12)8-10/h2-4,6,8-9,13H,5,7H2,1H3,(H2,17,19). The molecular weight excluding hydrogens is 284 g/mol. The highest BCUT2D eigenvalue weighted by Gasteiger charge is 2.24. The Hall–Kier alpha value is -2.76. The second-order valence-electron chi connectivity index (χ2n) is 4.90. The Morgan fingerprint density at radius 3 is 2.91 bits per heavy atom. The number of fused-ring (bicyclic) bond motifs is 1. The number of benzene rings is 1. The number of amides is 1. The van der Waals surface area contributed by atoms with Gasteiger partial charge in [0.1, 0.15) is 11.9 Å². The lowest BCUT2D eigenvalue weighted by atomic mass is 9.98. The van der Waals surface area contributed by atoms with Gasteiger partial charge in [-0.3, -0.25) is 0 Å². The van der Waals surface area contributed by atoms with Crippen molar-refractivity contribution in [2.75, 3.05) is 13.7 Å². The summed E-state index contributed by atoms with van der Waals surface area (Å²) in [6.07, 6.45) is 1.15. The van der Waals surface area contributed by atoms with Crippen LogP contribution < -0.4 is 15.2 Å². The maximum atomic E-state index is 11.0. The van der Waals surface area contributed by atoms with Gasteiger partial charge >= 0.3 is 6.09 Å². The van der Waals surface area contributed by atoms with E-state index in [1.165, 1.54) is 0 Å².